The maximum atomic E-state index is 12.4. The molecule has 1 aliphatic rings. The number of carbonyl (C=O) groups is 1. The molecule has 2 heterocycles. The quantitative estimate of drug-likeness (QED) is 0.882. The van der Waals surface area contributed by atoms with Gasteiger partial charge in [0.2, 0.25) is 0 Å². The van der Waals surface area contributed by atoms with Gasteiger partial charge < -0.3 is 10.6 Å². The van der Waals surface area contributed by atoms with Crippen LogP contribution in [0.2, 0.25) is 5.02 Å². The van der Waals surface area contributed by atoms with Gasteiger partial charge in [-0.2, -0.15) is 5.10 Å². The second-order valence-corrected chi connectivity index (χ2v) is 6.50. The molecule has 0 unspecified atom stereocenters. The Morgan fingerprint density at radius 1 is 1.35 bits per heavy atom. The van der Waals surface area contributed by atoms with E-state index in [9.17, 15) is 4.79 Å². The number of hydrogen-bond acceptors (Lipinski definition) is 3. The van der Waals surface area contributed by atoms with E-state index in [1.807, 2.05) is 42.8 Å². The number of rotatable bonds is 5. The molecule has 1 aromatic carbocycles. The molecular weight excluding hydrogens is 312 g/mol. The van der Waals surface area contributed by atoms with E-state index in [1.54, 1.807) is 0 Å². The Morgan fingerprint density at radius 3 is 2.65 bits per heavy atom. The van der Waals surface area contributed by atoms with Crippen molar-refractivity contribution in [1.82, 2.24) is 20.4 Å². The molecule has 2 N–H and O–H groups in total. The number of hydrogen-bond donors (Lipinski definition) is 2. The second-order valence-electron chi connectivity index (χ2n) is 6.06. The normalized spacial score (nSPS) is 14.6. The Labute approximate surface area is 141 Å². The first kappa shape index (κ1) is 16.0. The molecule has 2 aromatic rings. The fourth-order valence-electron chi connectivity index (χ4n) is 2.76. The number of halogens is 1. The minimum atomic E-state index is -0.0331. The van der Waals surface area contributed by atoms with Gasteiger partial charge in [-0.3, -0.25) is 9.48 Å². The number of amides is 1. The van der Waals surface area contributed by atoms with Crippen molar-refractivity contribution in [3.63, 3.8) is 0 Å². The van der Waals surface area contributed by atoms with Gasteiger partial charge in [0.15, 0.2) is 0 Å². The Hall–Kier alpha value is -1.85. The highest BCUT2D eigenvalue weighted by Crippen LogP contribution is 2.16. The van der Waals surface area contributed by atoms with Gasteiger partial charge in [-0.15, -0.1) is 0 Å². The maximum Gasteiger partial charge on any atom is 0.255 e. The van der Waals surface area contributed by atoms with Crippen LogP contribution in [0.5, 0.6) is 0 Å². The van der Waals surface area contributed by atoms with Gasteiger partial charge in [0.25, 0.3) is 5.91 Å². The van der Waals surface area contributed by atoms with Gasteiger partial charge in [0.1, 0.15) is 0 Å². The smallest absolute Gasteiger partial charge is 0.255 e. The lowest BCUT2D eigenvalue weighted by atomic mass is 10.0. The van der Waals surface area contributed by atoms with Crippen LogP contribution in [0.4, 0.5) is 0 Å². The van der Waals surface area contributed by atoms with Gasteiger partial charge in [-0.25, -0.2) is 0 Å². The Bertz CT molecular complexity index is 704. The molecule has 122 valence electrons. The van der Waals surface area contributed by atoms with Crippen LogP contribution in [-0.4, -0.2) is 35.3 Å². The van der Waals surface area contributed by atoms with Crippen LogP contribution in [-0.2, 0) is 6.54 Å². The average molecular weight is 333 g/mol. The summed E-state index contributed by atoms with van der Waals surface area (Å²) in [6.45, 7) is 7.12. The molecule has 1 aromatic heterocycles. The van der Waals surface area contributed by atoms with E-state index in [-0.39, 0.29) is 5.91 Å². The molecule has 0 aliphatic carbocycles. The highest BCUT2D eigenvalue weighted by atomic mass is 35.5. The second kappa shape index (κ2) is 6.72. The summed E-state index contributed by atoms with van der Waals surface area (Å²) >= 11 is 5.91. The number of aromatic nitrogens is 2. The molecule has 0 atom stereocenters. The maximum absolute atomic E-state index is 12.4. The summed E-state index contributed by atoms with van der Waals surface area (Å²) in [6.07, 6.45) is 0. The van der Waals surface area contributed by atoms with Crippen molar-refractivity contribution in [2.24, 2.45) is 5.92 Å². The van der Waals surface area contributed by atoms with E-state index in [0.29, 0.717) is 29.6 Å². The standard InChI is InChI=1S/C17H21ClN4O/c1-11-16(17(23)20-9-14-7-19-8-14)12(2)22(21-11)10-13-3-5-15(18)6-4-13/h3-6,14,19H,7-10H2,1-2H3,(H,20,23). The molecule has 23 heavy (non-hydrogen) atoms. The van der Waals surface area contributed by atoms with Crippen molar-refractivity contribution in [1.29, 1.82) is 0 Å². The van der Waals surface area contributed by atoms with Crippen LogP contribution >= 0.6 is 11.6 Å². The van der Waals surface area contributed by atoms with Crippen molar-refractivity contribution in [3.05, 3.63) is 51.8 Å². The highest BCUT2D eigenvalue weighted by molar-refractivity contribution is 6.30. The molecular formula is C17H21ClN4O. The van der Waals surface area contributed by atoms with Crippen molar-refractivity contribution in [3.8, 4) is 0 Å². The predicted molar refractivity (Wildman–Crippen MR) is 90.9 cm³/mol. The highest BCUT2D eigenvalue weighted by Gasteiger charge is 2.21. The molecule has 6 heteroatoms. The third-order valence-corrected chi connectivity index (χ3v) is 4.52. The SMILES string of the molecule is Cc1nn(Cc2ccc(Cl)cc2)c(C)c1C(=O)NCC1CNC1. The van der Waals surface area contributed by atoms with Crippen LogP contribution < -0.4 is 10.6 Å². The Morgan fingerprint density at radius 2 is 2.04 bits per heavy atom. The largest absolute Gasteiger partial charge is 0.352 e. The zero-order valence-corrected chi connectivity index (χ0v) is 14.2. The average Bonchev–Trinajstić information content (AvgIpc) is 2.74. The first-order valence-electron chi connectivity index (χ1n) is 7.82. The Balaban J connectivity index is 1.72. The van der Waals surface area contributed by atoms with E-state index < -0.39 is 0 Å². The number of nitrogens with zero attached hydrogens (tertiary/aromatic N) is 2. The van der Waals surface area contributed by atoms with Crippen molar-refractivity contribution in [2.75, 3.05) is 19.6 Å². The van der Waals surface area contributed by atoms with Gasteiger partial charge in [-0.05, 0) is 31.5 Å². The lowest BCUT2D eigenvalue weighted by Gasteiger charge is -2.27. The van der Waals surface area contributed by atoms with Gasteiger partial charge in [-0.1, -0.05) is 23.7 Å². The third-order valence-electron chi connectivity index (χ3n) is 4.27. The number of aryl methyl sites for hydroxylation is 1. The third kappa shape index (κ3) is 3.57. The van der Waals surface area contributed by atoms with E-state index in [2.05, 4.69) is 15.7 Å². The minimum absolute atomic E-state index is 0.0331. The molecule has 0 radical (unpaired) electrons. The predicted octanol–water partition coefficient (Wildman–Crippen LogP) is 2.15. The summed E-state index contributed by atoms with van der Waals surface area (Å²) in [4.78, 5) is 12.4. The molecule has 1 fully saturated rings. The summed E-state index contributed by atoms with van der Waals surface area (Å²) < 4.78 is 1.87. The molecule has 1 amide bonds. The van der Waals surface area contributed by atoms with Crippen molar-refractivity contribution >= 4 is 17.5 Å². The molecule has 0 saturated carbocycles. The van der Waals surface area contributed by atoms with Gasteiger partial charge in [0.05, 0.1) is 17.8 Å². The molecule has 1 aliphatic heterocycles. The summed E-state index contributed by atoms with van der Waals surface area (Å²) in [6, 6.07) is 7.68. The number of carbonyl (C=O) groups excluding carboxylic acids is 1. The van der Waals surface area contributed by atoms with Crippen LogP contribution in [0, 0.1) is 19.8 Å². The number of benzene rings is 1. The summed E-state index contributed by atoms with van der Waals surface area (Å²) in [7, 11) is 0. The topological polar surface area (TPSA) is 59.0 Å². The molecule has 0 bridgehead atoms. The van der Waals surface area contributed by atoms with E-state index in [0.717, 1.165) is 30.0 Å². The fourth-order valence-corrected chi connectivity index (χ4v) is 2.89. The molecule has 1 saturated heterocycles. The van der Waals surface area contributed by atoms with E-state index in [1.165, 1.54) is 0 Å². The first-order valence-corrected chi connectivity index (χ1v) is 8.19. The van der Waals surface area contributed by atoms with E-state index >= 15 is 0 Å². The lowest BCUT2D eigenvalue weighted by molar-refractivity contribution is 0.0941. The zero-order chi connectivity index (χ0) is 16.4. The fraction of sp³-hybridized carbons (Fsp3) is 0.412. The molecule has 5 nitrogen and oxygen atoms in total. The summed E-state index contributed by atoms with van der Waals surface area (Å²) in [5.41, 5.74) is 3.45. The molecule has 3 rings (SSSR count). The van der Waals surface area contributed by atoms with Crippen LogP contribution in [0.3, 0.4) is 0 Å². The minimum Gasteiger partial charge on any atom is -0.352 e. The van der Waals surface area contributed by atoms with Crippen molar-refractivity contribution < 1.29 is 4.79 Å². The van der Waals surface area contributed by atoms with E-state index in [4.69, 9.17) is 11.6 Å². The van der Waals surface area contributed by atoms with Gasteiger partial charge in [0, 0.05) is 36.3 Å². The number of nitrogens with one attached hydrogen (secondary N) is 2. The summed E-state index contributed by atoms with van der Waals surface area (Å²) in [5, 5.41) is 11.5. The zero-order valence-electron chi connectivity index (χ0n) is 13.4. The van der Waals surface area contributed by atoms with Crippen LogP contribution in [0.25, 0.3) is 0 Å². The molecule has 0 spiro atoms. The monoisotopic (exact) mass is 332 g/mol. The first-order chi connectivity index (χ1) is 11.0. The van der Waals surface area contributed by atoms with Gasteiger partial charge >= 0.3 is 0 Å². The Kier molecular flexibility index (Phi) is 4.68. The lowest BCUT2D eigenvalue weighted by Crippen LogP contribution is -2.48. The van der Waals surface area contributed by atoms with Crippen LogP contribution in [0.1, 0.15) is 27.3 Å². The summed E-state index contributed by atoms with van der Waals surface area (Å²) in [5.74, 6) is 0.512. The van der Waals surface area contributed by atoms with Crippen LogP contribution in [0.15, 0.2) is 24.3 Å². The van der Waals surface area contributed by atoms with Crippen molar-refractivity contribution in [2.45, 2.75) is 20.4 Å².